The van der Waals surface area contributed by atoms with Crippen LogP contribution < -0.4 is 0 Å². The highest BCUT2D eigenvalue weighted by atomic mass is 35.5. The van der Waals surface area contributed by atoms with Crippen LogP contribution in [-0.4, -0.2) is 15.6 Å². The summed E-state index contributed by atoms with van der Waals surface area (Å²) in [6.07, 6.45) is 0.674. The normalized spacial score (nSPS) is 18.9. The van der Waals surface area contributed by atoms with Gasteiger partial charge in [-0.3, -0.25) is 4.79 Å². The highest BCUT2D eigenvalue weighted by Gasteiger charge is 2.29. The Labute approximate surface area is 97.2 Å². The van der Waals surface area contributed by atoms with Crippen LogP contribution in [0.15, 0.2) is 24.3 Å². The van der Waals surface area contributed by atoms with E-state index in [9.17, 15) is 4.79 Å². The molecule has 0 saturated heterocycles. The van der Waals surface area contributed by atoms with E-state index in [0.29, 0.717) is 11.4 Å². The number of rotatable bonds is 1. The van der Waals surface area contributed by atoms with Crippen LogP contribution in [0, 0.1) is 0 Å². The van der Waals surface area contributed by atoms with E-state index in [1.807, 2.05) is 24.3 Å². The first-order valence-corrected chi connectivity index (χ1v) is 5.56. The first-order chi connectivity index (χ1) is 7.66. The first-order valence-electron chi connectivity index (χ1n) is 5.18. The van der Waals surface area contributed by atoms with Crippen LogP contribution in [-0.2, 0) is 11.3 Å². The number of hydrogen-bond donors (Lipinski definition) is 1. The number of aromatic nitrogens is 1. The summed E-state index contributed by atoms with van der Waals surface area (Å²) in [5.41, 5.74) is 1.93. The zero-order valence-electron chi connectivity index (χ0n) is 8.48. The van der Waals surface area contributed by atoms with Gasteiger partial charge in [0.05, 0.1) is 5.92 Å². The molecule has 0 aliphatic carbocycles. The molecule has 0 spiro atoms. The lowest BCUT2D eigenvalue weighted by atomic mass is 10.1. The van der Waals surface area contributed by atoms with Crippen LogP contribution in [0.2, 0.25) is 5.02 Å². The van der Waals surface area contributed by atoms with Crippen LogP contribution in [0.3, 0.4) is 0 Å². The van der Waals surface area contributed by atoms with Crippen LogP contribution >= 0.6 is 11.6 Å². The molecular weight excluding hydrogens is 226 g/mol. The molecule has 3 nitrogen and oxygen atoms in total. The largest absolute Gasteiger partial charge is 0.481 e. The summed E-state index contributed by atoms with van der Waals surface area (Å²) in [4.78, 5) is 11.1. The Morgan fingerprint density at radius 1 is 1.44 bits per heavy atom. The van der Waals surface area contributed by atoms with Crippen molar-refractivity contribution < 1.29 is 9.90 Å². The number of aryl methyl sites for hydroxylation is 1. The molecule has 2 heterocycles. The summed E-state index contributed by atoms with van der Waals surface area (Å²) in [5.74, 6) is -1.11. The summed E-state index contributed by atoms with van der Waals surface area (Å²) >= 11 is 5.95. The SMILES string of the molecule is O=C(O)C1CCn2c1cc1ccc(Cl)cc12. The van der Waals surface area contributed by atoms with Gasteiger partial charge in [-0.05, 0) is 30.0 Å². The molecule has 1 atom stereocenters. The number of hydrogen-bond acceptors (Lipinski definition) is 1. The predicted octanol–water partition coefficient (Wildman–Crippen LogP) is 2.87. The van der Waals surface area contributed by atoms with Gasteiger partial charge >= 0.3 is 5.97 Å². The van der Waals surface area contributed by atoms with E-state index in [1.165, 1.54) is 0 Å². The lowest BCUT2D eigenvalue weighted by Gasteiger charge is -2.01. The molecule has 2 aromatic rings. The van der Waals surface area contributed by atoms with E-state index < -0.39 is 5.97 Å². The van der Waals surface area contributed by atoms with E-state index in [4.69, 9.17) is 16.7 Å². The number of carboxylic acid groups (broad SMARTS) is 1. The molecule has 0 amide bonds. The monoisotopic (exact) mass is 235 g/mol. The molecular formula is C12H10ClNO2. The van der Waals surface area contributed by atoms with Gasteiger partial charge in [-0.2, -0.15) is 0 Å². The summed E-state index contributed by atoms with van der Waals surface area (Å²) in [6, 6.07) is 7.61. The number of carboxylic acids is 1. The maximum Gasteiger partial charge on any atom is 0.312 e. The summed E-state index contributed by atoms with van der Waals surface area (Å²) in [6.45, 7) is 0.760. The highest BCUT2D eigenvalue weighted by Crippen LogP contribution is 2.35. The molecule has 3 rings (SSSR count). The average molecular weight is 236 g/mol. The van der Waals surface area contributed by atoms with Crippen molar-refractivity contribution in [3.63, 3.8) is 0 Å². The van der Waals surface area contributed by atoms with E-state index >= 15 is 0 Å². The van der Waals surface area contributed by atoms with Crippen molar-refractivity contribution in [2.24, 2.45) is 0 Å². The number of aliphatic carboxylic acids is 1. The maximum absolute atomic E-state index is 11.1. The quantitative estimate of drug-likeness (QED) is 0.826. The van der Waals surface area contributed by atoms with Crippen molar-refractivity contribution in [3.05, 3.63) is 35.0 Å². The van der Waals surface area contributed by atoms with Gasteiger partial charge in [-0.25, -0.2) is 0 Å². The van der Waals surface area contributed by atoms with Crippen LogP contribution in [0.5, 0.6) is 0 Å². The number of benzene rings is 1. The Morgan fingerprint density at radius 3 is 3.00 bits per heavy atom. The van der Waals surface area contributed by atoms with Crippen molar-refractivity contribution in [3.8, 4) is 0 Å². The highest BCUT2D eigenvalue weighted by molar-refractivity contribution is 6.31. The predicted molar refractivity (Wildman–Crippen MR) is 61.9 cm³/mol. The summed E-state index contributed by atoms with van der Waals surface area (Å²) < 4.78 is 2.06. The minimum absolute atomic E-state index is 0.369. The molecule has 4 heteroatoms. The second-order valence-electron chi connectivity index (χ2n) is 4.10. The smallest absolute Gasteiger partial charge is 0.312 e. The molecule has 0 bridgehead atoms. The van der Waals surface area contributed by atoms with Crippen molar-refractivity contribution in [2.75, 3.05) is 0 Å². The number of halogens is 1. The van der Waals surface area contributed by atoms with Gasteiger partial charge in [0.1, 0.15) is 0 Å². The molecule has 1 aromatic heterocycles. The third-order valence-electron chi connectivity index (χ3n) is 3.19. The Morgan fingerprint density at radius 2 is 2.25 bits per heavy atom. The van der Waals surface area contributed by atoms with Crippen LogP contribution in [0.4, 0.5) is 0 Å². The number of fused-ring (bicyclic) bond motifs is 3. The zero-order valence-corrected chi connectivity index (χ0v) is 9.24. The molecule has 1 aromatic carbocycles. The fourth-order valence-corrected chi connectivity index (χ4v) is 2.61. The van der Waals surface area contributed by atoms with E-state index in [-0.39, 0.29) is 5.92 Å². The zero-order chi connectivity index (χ0) is 11.3. The molecule has 0 fully saturated rings. The van der Waals surface area contributed by atoms with Crippen molar-refractivity contribution in [1.82, 2.24) is 4.57 Å². The van der Waals surface area contributed by atoms with E-state index in [0.717, 1.165) is 23.1 Å². The van der Waals surface area contributed by atoms with Gasteiger partial charge in [0.25, 0.3) is 0 Å². The van der Waals surface area contributed by atoms with E-state index in [2.05, 4.69) is 4.57 Å². The molecule has 1 unspecified atom stereocenters. The Hall–Kier alpha value is -1.48. The topological polar surface area (TPSA) is 42.2 Å². The lowest BCUT2D eigenvalue weighted by Crippen LogP contribution is -2.07. The molecule has 1 aliphatic rings. The fraction of sp³-hybridized carbons (Fsp3) is 0.250. The second kappa shape index (κ2) is 3.25. The third kappa shape index (κ3) is 1.25. The lowest BCUT2D eigenvalue weighted by molar-refractivity contribution is -0.138. The van der Waals surface area contributed by atoms with Gasteiger partial charge in [-0.1, -0.05) is 17.7 Å². The summed E-state index contributed by atoms with van der Waals surface area (Å²) in [7, 11) is 0. The standard InChI is InChI=1S/C12H10ClNO2/c13-8-2-1-7-5-11-9(12(15)16)3-4-14(11)10(7)6-8/h1-2,5-6,9H,3-4H2,(H,15,16). The molecule has 1 aliphatic heterocycles. The Bertz CT molecular complexity index is 588. The maximum atomic E-state index is 11.1. The second-order valence-corrected chi connectivity index (χ2v) is 4.54. The minimum atomic E-state index is -0.743. The van der Waals surface area contributed by atoms with Crippen molar-refractivity contribution >= 4 is 28.5 Å². The van der Waals surface area contributed by atoms with Gasteiger partial charge in [0.15, 0.2) is 0 Å². The Kier molecular flexibility index (Phi) is 1.98. The van der Waals surface area contributed by atoms with Gasteiger partial charge in [0.2, 0.25) is 0 Å². The summed E-state index contributed by atoms with van der Waals surface area (Å²) in [5, 5.41) is 10.8. The Balaban J connectivity index is 2.25. The number of carbonyl (C=O) groups is 1. The van der Waals surface area contributed by atoms with Gasteiger partial charge in [0, 0.05) is 22.8 Å². The third-order valence-corrected chi connectivity index (χ3v) is 3.43. The molecule has 0 radical (unpaired) electrons. The molecule has 0 saturated carbocycles. The average Bonchev–Trinajstić information content (AvgIpc) is 2.76. The molecule has 1 N–H and O–H groups in total. The van der Waals surface area contributed by atoms with Crippen LogP contribution in [0.1, 0.15) is 18.0 Å². The molecule has 82 valence electrons. The number of nitrogens with zero attached hydrogens (tertiary/aromatic N) is 1. The van der Waals surface area contributed by atoms with Crippen molar-refractivity contribution in [1.29, 1.82) is 0 Å². The first kappa shape index (κ1) is 9.73. The fourth-order valence-electron chi connectivity index (χ4n) is 2.44. The minimum Gasteiger partial charge on any atom is -0.481 e. The van der Waals surface area contributed by atoms with Gasteiger partial charge in [-0.15, -0.1) is 0 Å². The van der Waals surface area contributed by atoms with Crippen molar-refractivity contribution in [2.45, 2.75) is 18.9 Å². The molecule has 16 heavy (non-hydrogen) atoms. The van der Waals surface area contributed by atoms with E-state index in [1.54, 1.807) is 0 Å². The van der Waals surface area contributed by atoms with Crippen LogP contribution in [0.25, 0.3) is 10.9 Å². The van der Waals surface area contributed by atoms with Gasteiger partial charge < -0.3 is 9.67 Å².